The number of halogens is 3. The van der Waals surface area contributed by atoms with Crippen LogP contribution in [0.2, 0.25) is 0 Å². The SMILES string of the molecule is CN(C)C(CNC(=O)C1CCCN1C(=O)C(F)(F)F)c1ccccc1. The highest BCUT2D eigenvalue weighted by Crippen LogP contribution is 2.26. The topological polar surface area (TPSA) is 52.7 Å². The number of nitrogens with one attached hydrogen (secondary N) is 1. The van der Waals surface area contributed by atoms with E-state index in [0.29, 0.717) is 11.3 Å². The fourth-order valence-corrected chi connectivity index (χ4v) is 3.03. The van der Waals surface area contributed by atoms with Crippen molar-refractivity contribution in [3.8, 4) is 0 Å². The quantitative estimate of drug-likeness (QED) is 0.877. The molecule has 2 unspecified atom stereocenters. The number of benzene rings is 1. The van der Waals surface area contributed by atoms with E-state index in [0.717, 1.165) is 5.56 Å². The molecular weight excluding hydrogens is 335 g/mol. The van der Waals surface area contributed by atoms with Gasteiger partial charge in [-0.15, -0.1) is 0 Å². The summed E-state index contributed by atoms with van der Waals surface area (Å²) in [6.07, 6.45) is -4.33. The third-order valence-corrected chi connectivity index (χ3v) is 4.34. The Morgan fingerprint density at radius 2 is 1.92 bits per heavy atom. The Morgan fingerprint density at radius 3 is 2.48 bits per heavy atom. The molecule has 5 nitrogen and oxygen atoms in total. The van der Waals surface area contributed by atoms with Gasteiger partial charge in [0.05, 0.1) is 6.04 Å². The number of hydrogen-bond acceptors (Lipinski definition) is 3. The van der Waals surface area contributed by atoms with Gasteiger partial charge in [-0.2, -0.15) is 13.2 Å². The minimum Gasteiger partial charge on any atom is -0.352 e. The zero-order valence-electron chi connectivity index (χ0n) is 14.2. The highest BCUT2D eigenvalue weighted by molar-refractivity contribution is 5.90. The van der Waals surface area contributed by atoms with E-state index < -0.39 is 24.0 Å². The zero-order valence-corrected chi connectivity index (χ0v) is 14.2. The van der Waals surface area contributed by atoms with Crippen molar-refractivity contribution in [2.24, 2.45) is 0 Å². The van der Waals surface area contributed by atoms with Gasteiger partial charge in [-0.25, -0.2) is 0 Å². The van der Waals surface area contributed by atoms with Crippen LogP contribution in [0.4, 0.5) is 13.2 Å². The first kappa shape index (κ1) is 19.2. The van der Waals surface area contributed by atoms with E-state index in [1.807, 2.05) is 49.3 Å². The van der Waals surface area contributed by atoms with Gasteiger partial charge >= 0.3 is 12.1 Å². The summed E-state index contributed by atoms with van der Waals surface area (Å²) in [6, 6.07) is 8.32. The highest BCUT2D eigenvalue weighted by atomic mass is 19.4. The predicted molar refractivity (Wildman–Crippen MR) is 86.7 cm³/mol. The molecule has 1 heterocycles. The normalized spacial score (nSPS) is 19.1. The van der Waals surface area contributed by atoms with Crippen LogP contribution in [-0.2, 0) is 9.59 Å². The molecule has 138 valence electrons. The van der Waals surface area contributed by atoms with Gasteiger partial charge in [-0.3, -0.25) is 9.59 Å². The lowest BCUT2D eigenvalue weighted by Gasteiger charge is -2.28. The van der Waals surface area contributed by atoms with Crippen molar-refractivity contribution in [3.05, 3.63) is 35.9 Å². The lowest BCUT2D eigenvalue weighted by molar-refractivity contribution is -0.186. The second-order valence-corrected chi connectivity index (χ2v) is 6.29. The molecule has 1 aromatic carbocycles. The van der Waals surface area contributed by atoms with E-state index in [9.17, 15) is 22.8 Å². The lowest BCUT2D eigenvalue weighted by atomic mass is 10.1. The van der Waals surface area contributed by atoms with Crippen LogP contribution in [0, 0.1) is 0 Å². The molecule has 1 saturated heterocycles. The zero-order chi connectivity index (χ0) is 18.6. The molecule has 1 N–H and O–H groups in total. The van der Waals surface area contributed by atoms with Crippen molar-refractivity contribution in [3.63, 3.8) is 0 Å². The molecule has 0 bridgehead atoms. The third-order valence-electron chi connectivity index (χ3n) is 4.34. The van der Waals surface area contributed by atoms with Crippen LogP contribution in [-0.4, -0.2) is 61.0 Å². The van der Waals surface area contributed by atoms with Gasteiger partial charge in [0.15, 0.2) is 0 Å². The average molecular weight is 357 g/mol. The number of carbonyl (C=O) groups excluding carboxylic acids is 2. The fraction of sp³-hybridized carbons (Fsp3) is 0.529. The molecule has 0 radical (unpaired) electrons. The Kier molecular flexibility index (Phi) is 6.05. The minimum atomic E-state index is -4.96. The van der Waals surface area contributed by atoms with Crippen LogP contribution >= 0.6 is 0 Å². The molecule has 2 amide bonds. The molecule has 1 fully saturated rings. The number of likely N-dealkylation sites (N-methyl/N-ethyl adjacent to an activating group) is 1. The van der Waals surface area contributed by atoms with Crippen LogP contribution in [0.15, 0.2) is 30.3 Å². The van der Waals surface area contributed by atoms with Crippen molar-refractivity contribution in [2.45, 2.75) is 31.1 Å². The second kappa shape index (κ2) is 7.86. The monoisotopic (exact) mass is 357 g/mol. The Morgan fingerprint density at radius 1 is 1.28 bits per heavy atom. The summed E-state index contributed by atoms with van der Waals surface area (Å²) < 4.78 is 37.9. The maximum Gasteiger partial charge on any atom is 0.471 e. The van der Waals surface area contributed by atoms with E-state index in [2.05, 4.69) is 5.32 Å². The number of hydrogen-bond donors (Lipinski definition) is 1. The summed E-state index contributed by atoms with van der Waals surface area (Å²) in [4.78, 5) is 26.4. The number of nitrogens with zero attached hydrogens (tertiary/aromatic N) is 2. The number of alkyl halides is 3. The largest absolute Gasteiger partial charge is 0.471 e. The number of likely N-dealkylation sites (tertiary alicyclic amines) is 1. The summed E-state index contributed by atoms with van der Waals surface area (Å²) in [6.45, 7) is 0.201. The molecule has 8 heteroatoms. The lowest BCUT2D eigenvalue weighted by Crippen LogP contribution is -2.51. The third kappa shape index (κ3) is 4.72. The van der Waals surface area contributed by atoms with E-state index in [1.165, 1.54) is 0 Å². The summed E-state index contributed by atoms with van der Waals surface area (Å²) in [5.41, 5.74) is 0.988. The van der Waals surface area contributed by atoms with Crippen molar-refractivity contribution >= 4 is 11.8 Å². The first-order chi connectivity index (χ1) is 11.7. The smallest absolute Gasteiger partial charge is 0.352 e. The molecule has 1 aliphatic rings. The fourth-order valence-electron chi connectivity index (χ4n) is 3.03. The summed E-state index contributed by atoms with van der Waals surface area (Å²) in [5.74, 6) is -2.49. The molecule has 2 atom stereocenters. The van der Waals surface area contributed by atoms with Crippen LogP contribution in [0.1, 0.15) is 24.4 Å². The van der Waals surface area contributed by atoms with Crippen LogP contribution in [0.3, 0.4) is 0 Å². The number of rotatable bonds is 5. The van der Waals surface area contributed by atoms with E-state index in [1.54, 1.807) is 0 Å². The van der Waals surface area contributed by atoms with Gasteiger partial charge in [0.25, 0.3) is 0 Å². The van der Waals surface area contributed by atoms with E-state index in [4.69, 9.17) is 0 Å². The van der Waals surface area contributed by atoms with E-state index in [-0.39, 0.29) is 25.6 Å². The Hall–Kier alpha value is -2.09. The van der Waals surface area contributed by atoms with Crippen molar-refractivity contribution in [1.82, 2.24) is 15.1 Å². The van der Waals surface area contributed by atoms with Crippen LogP contribution in [0.5, 0.6) is 0 Å². The summed E-state index contributed by atoms with van der Waals surface area (Å²) in [7, 11) is 3.72. The van der Waals surface area contributed by atoms with Gasteiger partial charge in [-0.1, -0.05) is 30.3 Å². The average Bonchev–Trinajstić information content (AvgIpc) is 3.03. The highest BCUT2D eigenvalue weighted by Gasteiger charge is 2.47. The molecule has 0 saturated carbocycles. The second-order valence-electron chi connectivity index (χ2n) is 6.29. The molecule has 0 aliphatic carbocycles. The molecular formula is C17H22F3N3O2. The molecule has 0 spiro atoms. The number of carbonyl (C=O) groups is 2. The molecule has 0 aromatic heterocycles. The van der Waals surface area contributed by atoms with Crippen molar-refractivity contribution in [1.29, 1.82) is 0 Å². The Bertz CT molecular complexity index is 605. The van der Waals surface area contributed by atoms with Crippen LogP contribution < -0.4 is 5.32 Å². The Balaban J connectivity index is 2.02. The van der Waals surface area contributed by atoms with Crippen molar-refractivity contribution < 1.29 is 22.8 Å². The predicted octanol–water partition coefficient (Wildman–Crippen LogP) is 1.96. The van der Waals surface area contributed by atoms with Gasteiger partial charge < -0.3 is 15.1 Å². The van der Waals surface area contributed by atoms with Crippen LogP contribution in [0.25, 0.3) is 0 Å². The minimum absolute atomic E-state index is 0.0494. The first-order valence-electron chi connectivity index (χ1n) is 8.08. The van der Waals surface area contributed by atoms with Gasteiger partial charge in [0, 0.05) is 13.1 Å². The first-order valence-corrected chi connectivity index (χ1v) is 8.08. The van der Waals surface area contributed by atoms with Gasteiger partial charge in [0.1, 0.15) is 6.04 Å². The summed E-state index contributed by atoms with van der Waals surface area (Å²) in [5, 5.41) is 2.70. The maximum absolute atomic E-state index is 12.6. The maximum atomic E-state index is 12.6. The van der Waals surface area contributed by atoms with Gasteiger partial charge in [-0.05, 0) is 32.5 Å². The molecule has 2 rings (SSSR count). The summed E-state index contributed by atoms with van der Waals surface area (Å²) >= 11 is 0. The Labute approximate surface area is 144 Å². The van der Waals surface area contributed by atoms with Gasteiger partial charge in [0.2, 0.25) is 5.91 Å². The van der Waals surface area contributed by atoms with Crippen molar-refractivity contribution in [2.75, 3.05) is 27.2 Å². The molecule has 1 aliphatic heterocycles. The molecule has 1 aromatic rings. The molecule has 25 heavy (non-hydrogen) atoms. The number of amides is 2. The standard InChI is InChI=1S/C17H22F3N3O2/c1-22(2)14(12-7-4-3-5-8-12)11-21-15(24)13-9-6-10-23(13)16(25)17(18,19)20/h3-5,7-8,13-14H,6,9-11H2,1-2H3,(H,21,24). The van der Waals surface area contributed by atoms with E-state index >= 15 is 0 Å².